The third kappa shape index (κ3) is 4.24. The molecule has 0 aliphatic rings. The molecule has 0 saturated carbocycles. The third-order valence-corrected chi connectivity index (χ3v) is 7.00. The molecule has 148 valence electrons. The standard InChI is InChI=1S/C19H17N5O2S3/c1-3-13-23-24-19(29-13)20-15(25)10(2)28-18-21-16(26)14-12(9-27-17(14)22-18)11-7-5-4-6-8-11/h4-10H,3H2,1-2H3,(H,20,24,25)(H,21,22,26). The summed E-state index contributed by atoms with van der Waals surface area (Å²) in [6, 6.07) is 9.74. The molecule has 1 amide bonds. The Morgan fingerprint density at radius 3 is 2.79 bits per heavy atom. The van der Waals surface area contributed by atoms with Gasteiger partial charge in [-0.2, -0.15) is 0 Å². The van der Waals surface area contributed by atoms with Crippen molar-refractivity contribution in [2.75, 3.05) is 5.32 Å². The molecule has 2 N–H and O–H groups in total. The number of thiophene rings is 1. The molecule has 0 radical (unpaired) electrons. The average molecular weight is 444 g/mol. The highest BCUT2D eigenvalue weighted by molar-refractivity contribution is 8.00. The van der Waals surface area contributed by atoms with Crippen LogP contribution in [-0.2, 0) is 11.2 Å². The van der Waals surface area contributed by atoms with Crippen molar-refractivity contribution in [3.8, 4) is 11.1 Å². The van der Waals surface area contributed by atoms with Gasteiger partial charge in [0, 0.05) is 10.9 Å². The van der Waals surface area contributed by atoms with E-state index >= 15 is 0 Å². The van der Waals surface area contributed by atoms with Gasteiger partial charge in [-0.3, -0.25) is 14.9 Å². The Labute approximate surface area is 178 Å². The van der Waals surface area contributed by atoms with E-state index in [0.717, 1.165) is 22.6 Å². The lowest BCUT2D eigenvalue weighted by Crippen LogP contribution is -2.23. The van der Waals surface area contributed by atoms with Gasteiger partial charge in [0.2, 0.25) is 11.0 Å². The number of hydrogen-bond donors (Lipinski definition) is 2. The summed E-state index contributed by atoms with van der Waals surface area (Å²) in [4.78, 5) is 33.2. The quantitative estimate of drug-likeness (QED) is 0.342. The van der Waals surface area contributed by atoms with E-state index in [0.29, 0.717) is 20.5 Å². The molecule has 10 heteroatoms. The maximum Gasteiger partial charge on any atom is 0.260 e. The first-order valence-electron chi connectivity index (χ1n) is 8.92. The van der Waals surface area contributed by atoms with Crippen LogP contribution in [0.5, 0.6) is 0 Å². The van der Waals surface area contributed by atoms with E-state index in [4.69, 9.17) is 0 Å². The molecule has 1 aromatic carbocycles. The van der Waals surface area contributed by atoms with E-state index in [9.17, 15) is 9.59 Å². The minimum absolute atomic E-state index is 0.207. The van der Waals surface area contributed by atoms with Crippen molar-refractivity contribution in [1.82, 2.24) is 20.2 Å². The number of amides is 1. The molecule has 0 aliphatic carbocycles. The summed E-state index contributed by atoms with van der Waals surface area (Å²) in [5, 5.41) is 14.5. The highest BCUT2D eigenvalue weighted by Gasteiger charge is 2.19. The van der Waals surface area contributed by atoms with Crippen LogP contribution in [0.25, 0.3) is 21.3 Å². The van der Waals surface area contributed by atoms with Gasteiger partial charge in [0.25, 0.3) is 5.56 Å². The zero-order chi connectivity index (χ0) is 20.4. The Hall–Kier alpha value is -2.56. The van der Waals surface area contributed by atoms with Crippen LogP contribution in [0, 0.1) is 0 Å². The second-order valence-electron chi connectivity index (χ2n) is 6.17. The first-order chi connectivity index (χ1) is 14.0. The minimum atomic E-state index is -0.460. The van der Waals surface area contributed by atoms with E-state index in [1.165, 1.54) is 34.4 Å². The van der Waals surface area contributed by atoms with Gasteiger partial charge in [-0.15, -0.1) is 21.5 Å². The Morgan fingerprint density at radius 2 is 2.07 bits per heavy atom. The largest absolute Gasteiger partial charge is 0.301 e. The predicted octanol–water partition coefficient (Wildman–Crippen LogP) is 4.18. The van der Waals surface area contributed by atoms with Crippen molar-refractivity contribution in [1.29, 1.82) is 0 Å². The summed E-state index contributed by atoms with van der Waals surface area (Å²) < 4.78 is 0. The van der Waals surface area contributed by atoms with Crippen LogP contribution >= 0.6 is 34.4 Å². The number of thioether (sulfide) groups is 1. The number of aryl methyl sites for hydroxylation is 1. The second kappa shape index (κ2) is 8.44. The molecule has 29 heavy (non-hydrogen) atoms. The fourth-order valence-corrected chi connectivity index (χ4v) is 5.17. The number of anilines is 1. The fourth-order valence-electron chi connectivity index (χ4n) is 2.69. The summed E-state index contributed by atoms with van der Waals surface area (Å²) in [6.45, 7) is 3.74. The number of nitrogens with one attached hydrogen (secondary N) is 2. The van der Waals surface area contributed by atoms with Crippen molar-refractivity contribution in [2.45, 2.75) is 30.7 Å². The maximum absolute atomic E-state index is 12.7. The van der Waals surface area contributed by atoms with Gasteiger partial charge in [0.1, 0.15) is 9.84 Å². The van der Waals surface area contributed by atoms with Gasteiger partial charge in [-0.1, -0.05) is 60.4 Å². The topological polar surface area (TPSA) is 101 Å². The molecule has 0 bridgehead atoms. The molecule has 4 rings (SSSR count). The molecule has 0 fully saturated rings. The number of hydrogen-bond acceptors (Lipinski definition) is 8. The van der Waals surface area contributed by atoms with E-state index in [1.807, 2.05) is 42.6 Å². The number of carbonyl (C=O) groups excluding carboxylic acids is 1. The molecule has 0 saturated heterocycles. The molecule has 3 aromatic heterocycles. The van der Waals surface area contributed by atoms with Crippen LogP contribution in [0.4, 0.5) is 5.13 Å². The van der Waals surface area contributed by atoms with E-state index < -0.39 is 5.25 Å². The zero-order valence-corrected chi connectivity index (χ0v) is 18.1. The van der Waals surface area contributed by atoms with Crippen molar-refractivity contribution in [3.63, 3.8) is 0 Å². The first-order valence-corrected chi connectivity index (χ1v) is 11.5. The minimum Gasteiger partial charge on any atom is -0.301 e. The summed E-state index contributed by atoms with van der Waals surface area (Å²) in [5.74, 6) is -0.215. The lowest BCUT2D eigenvalue weighted by Gasteiger charge is -2.09. The van der Waals surface area contributed by atoms with E-state index in [2.05, 4.69) is 25.5 Å². The number of H-pyrrole nitrogens is 1. The van der Waals surface area contributed by atoms with Crippen LogP contribution in [0.3, 0.4) is 0 Å². The molecular formula is C19H17N5O2S3. The number of benzene rings is 1. The number of fused-ring (bicyclic) bond motifs is 1. The van der Waals surface area contributed by atoms with Gasteiger partial charge in [0.15, 0.2) is 5.16 Å². The van der Waals surface area contributed by atoms with Crippen molar-refractivity contribution < 1.29 is 4.79 Å². The lowest BCUT2D eigenvalue weighted by molar-refractivity contribution is -0.115. The van der Waals surface area contributed by atoms with Gasteiger partial charge in [-0.05, 0) is 18.9 Å². The molecular weight excluding hydrogens is 426 g/mol. The van der Waals surface area contributed by atoms with Crippen LogP contribution < -0.4 is 10.9 Å². The molecule has 1 atom stereocenters. The molecule has 1 unspecified atom stereocenters. The number of aromatic amines is 1. The van der Waals surface area contributed by atoms with Gasteiger partial charge < -0.3 is 4.98 Å². The van der Waals surface area contributed by atoms with Crippen LogP contribution in [0.1, 0.15) is 18.9 Å². The zero-order valence-electron chi connectivity index (χ0n) is 15.6. The lowest BCUT2D eigenvalue weighted by atomic mass is 10.1. The van der Waals surface area contributed by atoms with Crippen LogP contribution in [0.15, 0.2) is 45.7 Å². The Bertz CT molecular complexity index is 1220. The van der Waals surface area contributed by atoms with Crippen molar-refractivity contribution >= 4 is 55.7 Å². The Balaban J connectivity index is 1.54. The number of rotatable bonds is 6. The first kappa shape index (κ1) is 19.7. The van der Waals surface area contributed by atoms with E-state index in [1.54, 1.807) is 6.92 Å². The number of nitrogens with zero attached hydrogens (tertiary/aromatic N) is 3. The van der Waals surface area contributed by atoms with E-state index in [-0.39, 0.29) is 11.5 Å². The summed E-state index contributed by atoms with van der Waals surface area (Å²) in [5.41, 5.74) is 1.63. The summed E-state index contributed by atoms with van der Waals surface area (Å²) in [7, 11) is 0. The Kier molecular flexibility index (Phi) is 5.74. The monoisotopic (exact) mass is 443 g/mol. The maximum atomic E-state index is 12.7. The van der Waals surface area contributed by atoms with Crippen LogP contribution in [0.2, 0.25) is 0 Å². The smallest absolute Gasteiger partial charge is 0.260 e. The molecule has 7 nitrogen and oxygen atoms in total. The second-order valence-corrected chi connectivity index (χ2v) is 9.42. The molecule has 3 heterocycles. The molecule has 4 aromatic rings. The highest BCUT2D eigenvalue weighted by Crippen LogP contribution is 2.32. The van der Waals surface area contributed by atoms with Crippen molar-refractivity contribution in [2.24, 2.45) is 0 Å². The SMILES string of the molecule is CCc1nnc(NC(=O)C(C)Sc2nc3scc(-c4ccccc4)c3c(=O)[nH]2)s1. The predicted molar refractivity (Wildman–Crippen MR) is 119 cm³/mol. The van der Waals surface area contributed by atoms with Gasteiger partial charge in [0.05, 0.1) is 10.6 Å². The fraction of sp³-hybridized carbons (Fsp3) is 0.211. The third-order valence-electron chi connectivity index (χ3n) is 4.16. The van der Waals surface area contributed by atoms with Gasteiger partial charge >= 0.3 is 0 Å². The number of carbonyl (C=O) groups is 1. The average Bonchev–Trinajstić information content (AvgIpc) is 3.35. The normalized spacial score (nSPS) is 12.2. The Morgan fingerprint density at radius 1 is 1.28 bits per heavy atom. The highest BCUT2D eigenvalue weighted by atomic mass is 32.2. The van der Waals surface area contributed by atoms with Gasteiger partial charge in [-0.25, -0.2) is 4.98 Å². The van der Waals surface area contributed by atoms with Crippen LogP contribution in [-0.4, -0.2) is 31.3 Å². The number of aromatic nitrogens is 4. The van der Waals surface area contributed by atoms with Crippen molar-refractivity contribution in [3.05, 3.63) is 51.1 Å². The molecule has 0 aliphatic heterocycles. The summed E-state index contributed by atoms with van der Waals surface area (Å²) >= 11 is 3.98. The summed E-state index contributed by atoms with van der Waals surface area (Å²) in [6.07, 6.45) is 0.773. The molecule has 0 spiro atoms.